The number of halogens is 1. The van der Waals surface area contributed by atoms with Crippen LogP contribution in [0.3, 0.4) is 0 Å². The second-order valence-corrected chi connectivity index (χ2v) is 7.12. The molecule has 2 heterocycles. The molecule has 0 aromatic carbocycles. The van der Waals surface area contributed by atoms with Gasteiger partial charge in [-0.1, -0.05) is 18.5 Å². The van der Waals surface area contributed by atoms with Gasteiger partial charge in [0.15, 0.2) is 0 Å². The van der Waals surface area contributed by atoms with Gasteiger partial charge in [-0.15, -0.1) is 0 Å². The van der Waals surface area contributed by atoms with Crippen LogP contribution in [0.25, 0.3) is 0 Å². The summed E-state index contributed by atoms with van der Waals surface area (Å²) in [6.45, 7) is 6.26. The minimum Gasteiger partial charge on any atom is -0.309 e. The lowest BCUT2D eigenvalue weighted by atomic mass is 9.92. The van der Waals surface area contributed by atoms with Crippen molar-refractivity contribution in [1.29, 1.82) is 0 Å². The molecule has 1 fully saturated rings. The molecule has 0 bridgehead atoms. The zero-order valence-electron chi connectivity index (χ0n) is 12.6. The molecule has 0 radical (unpaired) electrons. The first-order chi connectivity index (χ1) is 9.76. The second kappa shape index (κ2) is 8.30. The molecule has 1 unspecified atom stereocenters. The highest BCUT2D eigenvalue weighted by Crippen LogP contribution is 2.33. The van der Waals surface area contributed by atoms with E-state index in [2.05, 4.69) is 36.0 Å². The van der Waals surface area contributed by atoms with Crippen molar-refractivity contribution in [2.24, 2.45) is 5.92 Å². The Morgan fingerprint density at radius 2 is 2.20 bits per heavy atom. The molecule has 1 aromatic heterocycles. The van der Waals surface area contributed by atoms with Crippen LogP contribution in [-0.2, 0) is 6.54 Å². The van der Waals surface area contributed by atoms with Gasteiger partial charge in [0.05, 0.1) is 23.0 Å². The predicted octanol–water partition coefficient (Wildman–Crippen LogP) is 4.13. The van der Waals surface area contributed by atoms with Crippen molar-refractivity contribution in [3.8, 4) is 0 Å². The van der Waals surface area contributed by atoms with Crippen LogP contribution in [-0.4, -0.2) is 27.8 Å². The fourth-order valence-electron chi connectivity index (χ4n) is 2.90. The molecule has 3 nitrogen and oxygen atoms in total. The summed E-state index contributed by atoms with van der Waals surface area (Å²) in [4.78, 5) is 0. The van der Waals surface area contributed by atoms with E-state index in [1.54, 1.807) is 6.20 Å². The number of aromatic nitrogens is 2. The quantitative estimate of drug-likeness (QED) is 0.820. The van der Waals surface area contributed by atoms with Gasteiger partial charge in [-0.25, -0.2) is 0 Å². The number of nitrogens with zero attached hydrogens (tertiary/aromatic N) is 2. The minimum atomic E-state index is 0.345. The third-order valence-corrected chi connectivity index (χ3v) is 5.35. The van der Waals surface area contributed by atoms with Gasteiger partial charge >= 0.3 is 0 Å². The second-order valence-electron chi connectivity index (χ2n) is 5.49. The van der Waals surface area contributed by atoms with E-state index >= 15 is 0 Å². The van der Waals surface area contributed by atoms with Crippen LogP contribution >= 0.6 is 23.4 Å². The van der Waals surface area contributed by atoms with Crippen LogP contribution in [0, 0.1) is 5.92 Å². The zero-order valence-corrected chi connectivity index (χ0v) is 14.1. The Hall–Kier alpha value is -0.190. The highest BCUT2D eigenvalue weighted by atomic mass is 35.5. The third-order valence-electron chi connectivity index (χ3n) is 4.01. The van der Waals surface area contributed by atoms with E-state index < -0.39 is 0 Å². The molecule has 2 rings (SSSR count). The maximum atomic E-state index is 6.39. The molecule has 1 aliphatic heterocycles. The lowest BCUT2D eigenvalue weighted by Crippen LogP contribution is -2.28. The maximum Gasteiger partial charge on any atom is 0.0834 e. The smallest absolute Gasteiger partial charge is 0.0834 e. The molecule has 20 heavy (non-hydrogen) atoms. The summed E-state index contributed by atoms with van der Waals surface area (Å²) < 4.78 is 2.05. The fraction of sp³-hybridized carbons (Fsp3) is 0.800. The van der Waals surface area contributed by atoms with Crippen molar-refractivity contribution in [3.05, 3.63) is 16.9 Å². The summed E-state index contributed by atoms with van der Waals surface area (Å²) in [6.07, 6.45) is 6.80. The van der Waals surface area contributed by atoms with E-state index in [1.807, 2.05) is 4.68 Å². The Labute approximate surface area is 131 Å². The number of rotatable bonds is 7. The summed E-state index contributed by atoms with van der Waals surface area (Å²) >= 11 is 8.48. The van der Waals surface area contributed by atoms with Gasteiger partial charge in [0.2, 0.25) is 0 Å². The summed E-state index contributed by atoms with van der Waals surface area (Å²) in [5.74, 6) is 3.44. The molecule has 0 saturated carbocycles. The molecule has 1 atom stereocenters. The Bertz CT molecular complexity index is 402. The van der Waals surface area contributed by atoms with Gasteiger partial charge < -0.3 is 5.32 Å². The highest BCUT2D eigenvalue weighted by Gasteiger charge is 2.24. The Balaban J connectivity index is 2.10. The van der Waals surface area contributed by atoms with E-state index in [1.165, 1.54) is 36.5 Å². The van der Waals surface area contributed by atoms with Gasteiger partial charge in [-0.2, -0.15) is 16.9 Å². The topological polar surface area (TPSA) is 29.9 Å². The fourth-order valence-corrected chi connectivity index (χ4v) is 4.37. The molecular weight excluding hydrogens is 290 g/mol. The molecule has 5 heteroatoms. The van der Waals surface area contributed by atoms with Crippen LogP contribution in [0.15, 0.2) is 6.20 Å². The van der Waals surface area contributed by atoms with Gasteiger partial charge in [0.1, 0.15) is 0 Å². The molecule has 1 saturated heterocycles. The van der Waals surface area contributed by atoms with Gasteiger partial charge in [-0.05, 0) is 56.6 Å². The average molecular weight is 316 g/mol. The van der Waals surface area contributed by atoms with Crippen molar-refractivity contribution in [1.82, 2.24) is 15.1 Å². The molecule has 1 N–H and O–H groups in total. The average Bonchev–Trinajstić information content (AvgIpc) is 2.85. The third kappa shape index (κ3) is 4.15. The minimum absolute atomic E-state index is 0.345. The summed E-state index contributed by atoms with van der Waals surface area (Å²) in [5, 5.41) is 8.89. The molecule has 0 aliphatic carbocycles. The monoisotopic (exact) mass is 315 g/mol. The summed E-state index contributed by atoms with van der Waals surface area (Å²) in [6, 6.07) is 0.345. The van der Waals surface area contributed by atoms with Crippen molar-refractivity contribution < 1.29 is 0 Å². The van der Waals surface area contributed by atoms with E-state index in [0.29, 0.717) is 6.04 Å². The van der Waals surface area contributed by atoms with E-state index in [4.69, 9.17) is 11.6 Å². The normalized spacial score (nSPS) is 18.4. The lowest BCUT2D eigenvalue weighted by Gasteiger charge is -2.27. The molecule has 1 aliphatic rings. The lowest BCUT2D eigenvalue weighted by molar-refractivity contribution is 0.355. The first-order valence-electron chi connectivity index (χ1n) is 7.78. The van der Waals surface area contributed by atoms with E-state index in [0.717, 1.165) is 30.5 Å². The molecule has 1 aromatic rings. The van der Waals surface area contributed by atoms with Crippen LogP contribution in [0.5, 0.6) is 0 Å². The van der Waals surface area contributed by atoms with E-state index in [-0.39, 0.29) is 0 Å². The summed E-state index contributed by atoms with van der Waals surface area (Å²) in [5.41, 5.74) is 1.18. The number of thioether (sulfide) groups is 1. The molecule has 114 valence electrons. The number of aryl methyl sites for hydroxylation is 1. The van der Waals surface area contributed by atoms with Crippen LogP contribution in [0.2, 0.25) is 5.02 Å². The first kappa shape index (κ1) is 16.2. The Kier molecular flexibility index (Phi) is 6.72. The Morgan fingerprint density at radius 1 is 1.45 bits per heavy atom. The SMILES string of the molecule is CCCNC(CC1CCSCC1)c1c(Cl)cnn1CC. The van der Waals surface area contributed by atoms with Gasteiger partial charge in [0.25, 0.3) is 0 Å². The number of nitrogens with one attached hydrogen (secondary N) is 1. The number of hydrogen-bond donors (Lipinski definition) is 1. The van der Waals surface area contributed by atoms with Crippen LogP contribution in [0.1, 0.15) is 51.3 Å². The number of hydrogen-bond acceptors (Lipinski definition) is 3. The van der Waals surface area contributed by atoms with Crippen molar-refractivity contribution in [3.63, 3.8) is 0 Å². The van der Waals surface area contributed by atoms with Gasteiger partial charge in [-0.3, -0.25) is 4.68 Å². The van der Waals surface area contributed by atoms with E-state index in [9.17, 15) is 0 Å². The highest BCUT2D eigenvalue weighted by molar-refractivity contribution is 7.99. The Morgan fingerprint density at radius 3 is 2.85 bits per heavy atom. The standard InChI is InChI=1S/C15H26ClN3S/c1-3-7-17-14(10-12-5-8-20-9-6-12)15-13(16)11-18-19(15)4-2/h11-12,14,17H,3-10H2,1-2H3. The van der Waals surface area contributed by atoms with Crippen LogP contribution < -0.4 is 5.32 Å². The maximum absolute atomic E-state index is 6.39. The molecular formula is C15H26ClN3S. The predicted molar refractivity (Wildman–Crippen MR) is 88.6 cm³/mol. The van der Waals surface area contributed by atoms with Crippen molar-refractivity contribution >= 4 is 23.4 Å². The molecule has 0 spiro atoms. The van der Waals surface area contributed by atoms with Crippen molar-refractivity contribution in [2.75, 3.05) is 18.1 Å². The van der Waals surface area contributed by atoms with Crippen LogP contribution in [0.4, 0.5) is 0 Å². The van der Waals surface area contributed by atoms with Crippen molar-refractivity contribution in [2.45, 2.75) is 52.1 Å². The summed E-state index contributed by atoms with van der Waals surface area (Å²) in [7, 11) is 0. The zero-order chi connectivity index (χ0) is 14.4. The largest absolute Gasteiger partial charge is 0.309 e. The molecule has 0 amide bonds. The van der Waals surface area contributed by atoms with Gasteiger partial charge in [0, 0.05) is 6.54 Å². The first-order valence-corrected chi connectivity index (χ1v) is 9.31.